The Bertz CT molecular complexity index is 812. The van der Waals surface area contributed by atoms with Gasteiger partial charge >= 0.3 is 12.6 Å². The number of rotatable bonds is 4. The van der Waals surface area contributed by atoms with Gasteiger partial charge in [0.15, 0.2) is 5.70 Å². The van der Waals surface area contributed by atoms with Gasteiger partial charge in [0.25, 0.3) is 0 Å². The molecule has 0 fully saturated rings. The summed E-state index contributed by atoms with van der Waals surface area (Å²) in [6.45, 7) is -2.99. The van der Waals surface area contributed by atoms with Crippen molar-refractivity contribution in [3.8, 4) is 5.75 Å². The van der Waals surface area contributed by atoms with Crippen LogP contribution in [0.3, 0.4) is 0 Å². The van der Waals surface area contributed by atoms with Crippen LogP contribution in [0.15, 0.2) is 47.3 Å². The van der Waals surface area contributed by atoms with Crippen LogP contribution in [0.5, 0.6) is 5.75 Å². The van der Waals surface area contributed by atoms with Crippen LogP contribution in [0.25, 0.3) is 6.08 Å². The molecule has 1 aromatic heterocycles. The molecule has 0 saturated heterocycles. The van der Waals surface area contributed by atoms with Gasteiger partial charge in [-0.25, -0.2) is 9.79 Å². The number of aryl methyl sites for hydroxylation is 1. The van der Waals surface area contributed by atoms with Gasteiger partial charge in [-0.3, -0.25) is 4.68 Å². The predicted octanol–water partition coefficient (Wildman–Crippen LogP) is 2.37. The summed E-state index contributed by atoms with van der Waals surface area (Å²) < 4.78 is 35.9. The number of ether oxygens (including phenoxy) is 2. The zero-order valence-electron chi connectivity index (χ0n) is 11.9. The highest BCUT2D eigenvalue weighted by molar-refractivity contribution is 6.13. The van der Waals surface area contributed by atoms with E-state index < -0.39 is 12.6 Å². The number of para-hydroxylation sites is 1. The quantitative estimate of drug-likeness (QED) is 0.641. The number of carbonyl (C=O) groups is 1. The summed E-state index contributed by atoms with van der Waals surface area (Å²) in [5.74, 6) is -0.867. The molecular weight excluding hydrogens is 308 g/mol. The first-order valence-electron chi connectivity index (χ1n) is 6.58. The van der Waals surface area contributed by atoms with Crippen molar-refractivity contribution in [3.63, 3.8) is 0 Å². The SMILES string of the molecule is Cn1cc(/C=C2/N=C(c3ccccc3OC(F)F)OC2=O)cn1. The van der Waals surface area contributed by atoms with E-state index in [4.69, 9.17) is 4.74 Å². The van der Waals surface area contributed by atoms with Gasteiger partial charge in [0, 0.05) is 18.8 Å². The third-order valence-electron chi connectivity index (χ3n) is 2.98. The van der Waals surface area contributed by atoms with Crippen molar-refractivity contribution in [2.24, 2.45) is 12.0 Å². The number of carbonyl (C=O) groups excluding carboxylic acids is 1. The Balaban J connectivity index is 1.94. The predicted molar refractivity (Wildman–Crippen MR) is 76.9 cm³/mol. The fraction of sp³-hybridized carbons (Fsp3) is 0.133. The smallest absolute Gasteiger partial charge is 0.387 e. The molecule has 1 aliphatic rings. The molecule has 3 rings (SSSR count). The number of benzene rings is 1. The van der Waals surface area contributed by atoms with Gasteiger partial charge in [0.2, 0.25) is 5.90 Å². The molecule has 0 amide bonds. The first-order valence-corrected chi connectivity index (χ1v) is 6.58. The molecule has 0 aliphatic carbocycles. The summed E-state index contributed by atoms with van der Waals surface area (Å²) in [6, 6.07) is 5.97. The number of aliphatic imine (C=N–C) groups is 1. The Morgan fingerprint density at radius 2 is 2.13 bits per heavy atom. The van der Waals surface area contributed by atoms with Crippen LogP contribution < -0.4 is 4.74 Å². The van der Waals surface area contributed by atoms with E-state index in [0.29, 0.717) is 5.56 Å². The lowest BCUT2D eigenvalue weighted by Crippen LogP contribution is -2.10. The van der Waals surface area contributed by atoms with Gasteiger partial charge in [0.05, 0.1) is 11.8 Å². The van der Waals surface area contributed by atoms with Crippen LogP contribution in [0, 0.1) is 0 Å². The van der Waals surface area contributed by atoms with Crippen LogP contribution in [-0.2, 0) is 16.6 Å². The molecule has 118 valence electrons. The summed E-state index contributed by atoms with van der Waals surface area (Å²) in [6.07, 6.45) is 4.75. The highest BCUT2D eigenvalue weighted by Gasteiger charge is 2.27. The lowest BCUT2D eigenvalue weighted by molar-refractivity contribution is -0.129. The van der Waals surface area contributed by atoms with E-state index >= 15 is 0 Å². The van der Waals surface area contributed by atoms with Gasteiger partial charge < -0.3 is 9.47 Å². The minimum atomic E-state index is -2.99. The molecule has 0 N–H and O–H groups in total. The number of nitrogens with zero attached hydrogens (tertiary/aromatic N) is 3. The number of esters is 1. The van der Waals surface area contributed by atoms with Gasteiger partial charge in [-0.15, -0.1) is 0 Å². The topological polar surface area (TPSA) is 65.7 Å². The molecule has 8 heteroatoms. The number of cyclic esters (lactones) is 1. The molecular formula is C15H11F2N3O3. The number of aromatic nitrogens is 2. The number of hydrogen-bond donors (Lipinski definition) is 0. The Labute approximate surface area is 129 Å². The van der Waals surface area contributed by atoms with Crippen LogP contribution in [0.2, 0.25) is 0 Å². The Morgan fingerprint density at radius 1 is 1.35 bits per heavy atom. The summed E-state index contributed by atoms with van der Waals surface area (Å²) in [5, 5.41) is 3.98. The molecule has 23 heavy (non-hydrogen) atoms. The third-order valence-corrected chi connectivity index (χ3v) is 2.98. The average molecular weight is 319 g/mol. The van der Waals surface area contributed by atoms with E-state index in [2.05, 4.69) is 14.8 Å². The van der Waals surface area contributed by atoms with E-state index in [1.165, 1.54) is 24.3 Å². The lowest BCUT2D eigenvalue weighted by Gasteiger charge is -2.08. The lowest BCUT2D eigenvalue weighted by atomic mass is 10.2. The summed E-state index contributed by atoms with van der Waals surface area (Å²) in [7, 11) is 1.74. The first-order chi connectivity index (χ1) is 11.0. The molecule has 0 spiro atoms. The molecule has 0 radical (unpaired) electrons. The van der Waals surface area contributed by atoms with Gasteiger partial charge in [0.1, 0.15) is 5.75 Å². The zero-order valence-corrected chi connectivity index (χ0v) is 11.9. The van der Waals surface area contributed by atoms with E-state index in [9.17, 15) is 13.6 Å². The third kappa shape index (κ3) is 3.25. The molecule has 0 atom stereocenters. The summed E-state index contributed by atoms with van der Waals surface area (Å²) in [4.78, 5) is 15.9. The number of hydrogen-bond acceptors (Lipinski definition) is 5. The van der Waals surface area contributed by atoms with E-state index in [0.717, 1.165) is 0 Å². The van der Waals surface area contributed by atoms with Crippen molar-refractivity contribution in [3.05, 3.63) is 53.5 Å². The van der Waals surface area contributed by atoms with Crippen LogP contribution >= 0.6 is 0 Å². The van der Waals surface area contributed by atoms with Gasteiger partial charge in [-0.2, -0.15) is 13.9 Å². The number of halogens is 2. The Hall–Kier alpha value is -3.03. The number of alkyl halides is 2. The molecule has 1 aromatic carbocycles. The minimum absolute atomic E-state index is 0.0554. The van der Waals surface area contributed by atoms with Crippen molar-refractivity contribution in [1.82, 2.24) is 9.78 Å². The zero-order chi connectivity index (χ0) is 16.4. The van der Waals surface area contributed by atoms with Crippen molar-refractivity contribution >= 4 is 17.9 Å². The monoisotopic (exact) mass is 319 g/mol. The standard InChI is InChI=1S/C15H11F2N3O3/c1-20-8-9(7-18-20)6-11-14(21)23-13(19-11)10-4-2-3-5-12(10)22-15(16)17/h2-8,15H,1H3/b11-6+. The second-order valence-electron chi connectivity index (χ2n) is 4.66. The molecule has 1 aliphatic heterocycles. The van der Waals surface area contributed by atoms with Gasteiger partial charge in [-0.1, -0.05) is 12.1 Å². The van der Waals surface area contributed by atoms with Crippen molar-refractivity contribution in [1.29, 1.82) is 0 Å². The van der Waals surface area contributed by atoms with Gasteiger partial charge in [-0.05, 0) is 18.2 Å². The fourth-order valence-electron chi connectivity index (χ4n) is 2.04. The minimum Gasteiger partial charge on any atom is -0.434 e. The molecule has 2 heterocycles. The average Bonchev–Trinajstić information content (AvgIpc) is 3.06. The largest absolute Gasteiger partial charge is 0.434 e. The molecule has 6 nitrogen and oxygen atoms in total. The molecule has 0 saturated carbocycles. The highest BCUT2D eigenvalue weighted by atomic mass is 19.3. The van der Waals surface area contributed by atoms with Crippen LogP contribution in [0.4, 0.5) is 8.78 Å². The molecule has 0 bridgehead atoms. The highest BCUT2D eigenvalue weighted by Crippen LogP contribution is 2.26. The van der Waals surface area contributed by atoms with Crippen LogP contribution in [0.1, 0.15) is 11.1 Å². The van der Waals surface area contributed by atoms with E-state index in [-0.39, 0.29) is 22.9 Å². The Kier molecular flexibility index (Phi) is 3.88. The maximum atomic E-state index is 12.4. The molecule has 0 unspecified atom stereocenters. The van der Waals surface area contributed by atoms with E-state index in [1.54, 1.807) is 30.2 Å². The fourth-order valence-corrected chi connectivity index (χ4v) is 2.04. The first kappa shape index (κ1) is 14.9. The van der Waals surface area contributed by atoms with E-state index in [1.807, 2.05) is 0 Å². The van der Waals surface area contributed by atoms with Crippen molar-refractivity contribution in [2.45, 2.75) is 6.61 Å². The normalized spacial score (nSPS) is 15.9. The van der Waals surface area contributed by atoms with Crippen molar-refractivity contribution < 1.29 is 23.0 Å². The second kappa shape index (κ2) is 5.99. The summed E-state index contributed by atoms with van der Waals surface area (Å²) in [5.41, 5.74) is 0.900. The van der Waals surface area contributed by atoms with Crippen LogP contribution in [-0.4, -0.2) is 28.3 Å². The summed E-state index contributed by atoms with van der Waals surface area (Å²) >= 11 is 0. The maximum Gasteiger partial charge on any atom is 0.387 e. The second-order valence-corrected chi connectivity index (χ2v) is 4.66. The molecule has 2 aromatic rings. The maximum absolute atomic E-state index is 12.4. The Morgan fingerprint density at radius 3 is 2.83 bits per heavy atom. The van der Waals surface area contributed by atoms with Crippen molar-refractivity contribution in [2.75, 3.05) is 0 Å².